The molecule has 0 aromatic carbocycles. The number of carboxylic acid groups (broad SMARTS) is 1. The number of carboxylic acids is 1. The average Bonchev–Trinajstić information content (AvgIpc) is 1.92. The van der Waals surface area contributed by atoms with Gasteiger partial charge in [-0.15, -0.1) is 0 Å². The van der Waals surface area contributed by atoms with Gasteiger partial charge in [0.1, 0.15) is 5.60 Å². The quantitative estimate of drug-likeness (QED) is 0.698. The van der Waals surface area contributed by atoms with Gasteiger partial charge in [-0.05, 0) is 33.7 Å². The van der Waals surface area contributed by atoms with Crippen molar-refractivity contribution in [3.63, 3.8) is 0 Å². The number of esters is 1. The van der Waals surface area contributed by atoms with E-state index in [-0.39, 0.29) is 11.6 Å². The summed E-state index contributed by atoms with van der Waals surface area (Å²) in [5.41, 5.74) is -0.346. The molecule has 5 nitrogen and oxygen atoms in total. The lowest BCUT2D eigenvalue weighted by Crippen LogP contribution is -2.44. The van der Waals surface area contributed by atoms with Crippen LogP contribution in [0, 0.1) is 0 Å². The van der Waals surface area contributed by atoms with E-state index in [0.29, 0.717) is 12.5 Å². The van der Waals surface area contributed by atoms with E-state index in [0.717, 1.165) is 19.9 Å². The molecule has 1 aliphatic heterocycles. The summed E-state index contributed by atoms with van der Waals surface area (Å²) in [5, 5.41) is 10.6. The molecule has 16 heavy (non-hydrogen) atoms. The number of hydrogen-bond acceptors (Lipinski definition) is 4. The molecule has 0 aliphatic carbocycles. The highest BCUT2D eigenvalue weighted by Gasteiger charge is 2.23. The van der Waals surface area contributed by atoms with Gasteiger partial charge in [0.25, 0.3) is 5.97 Å². The number of rotatable bonds is 2. The molecule has 1 saturated heterocycles. The van der Waals surface area contributed by atoms with Crippen molar-refractivity contribution in [3.8, 4) is 0 Å². The van der Waals surface area contributed by atoms with Crippen LogP contribution in [0.4, 0.5) is 0 Å². The Morgan fingerprint density at radius 1 is 1.44 bits per heavy atom. The molecule has 1 aliphatic rings. The summed E-state index contributed by atoms with van der Waals surface area (Å²) in [6.45, 7) is 7.78. The van der Waals surface area contributed by atoms with Crippen LogP contribution in [0.15, 0.2) is 0 Å². The molecular formula is C11H21NO4. The van der Waals surface area contributed by atoms with E-state index < -0.39 is 5.97 Å². The van der Waals surface area contributed by atoms with Gasteiger partial charge in [-0.1, -0.05) is 0 Å². The fourth-order valence-electron chi connectivity index (χ4n) is 1.11. The zero-order valence-electron chi connectivity index (χ0n) is 10.4. The lowest BCUT2D eigenvalue weighted by molar-refractivity contribution is -0.155. The van der Waals surface area contributed by atoms with E-state index in [2.05, 4.69) is 5.32 Å². The van der Waals surface area contributed by atoms with Gasteiger partial charge in [-0.25, -0.2) is 0 Å². The third-order valence-corrected chi connectivity index (χ3v) is 1.76. The number of carbonyl (C=O) groups excluding carboxylic acids is 1. The zero-order chi connectivity index (χ0) is 12.8. The van der Waals surface area contributed by atoms with Crippen molar-refractivity contribution in [1.82, 2.24) is 5.32 Å². The Kier molecular flexibility index (Phi) is 6.03. The summed E-state index contributed by atoms with van der Waals surface area (Å²) in [4.78, 5) is 20.2. The van der Waals surface area contributed by atoms with Crippen LogP contribution in [0.2, 0.25) is 0 Å². The van der Waals surface area contributed by atoms with Gasteiger partial charge in [0, 0.05) is 13.0 Å². The molecule has 0 spiro atoms. The van der Waals surface area contributed by atoms with Gasteiger partial charge in [0.2, 0.25) is 0 Å². The van der Waals surface area contributed by atoms with E-state index in [1.807, 2.05) is 20.8 Å². The van der Waals surface area contributed by atoms with Gasteiger partial charge in [0.15, 0.2) is 0 Å². The highest BCUT2D eigenvalue weighted by Crippen LogP contribution is 2.12. The van der Waals surface area contributed by atoms with Crippen molar-refractivity contribution < 1.29 is 19.4 Å². The first-order valence-corrected chi connectivity index (χ1v) is 5.35. The Hall–Kier alpha value is -1.10. The molecule has 0 bridgehead atoms. The Morgan fingerprint density at radius 2 is 1.88 bits per heavy atom. The molecule has 0 saturated carbocycles. The molecule has 5 heteroatoms. The summed E-state index contributed by atoms with van der Waals surface area (Å²) in [6, 6.07) is 0.361. The Labute approximate surface area is 96.2 Å². The van der Waals surface area contributed by atoms with Crippen molar-refractivity contribution in [1.29, 1.82) is 0 Å². The lowest BCUT2D eigenvalue weighted by Gasteiger charge is -2.28. The maximum atomic E-state index is 11.2. The predicted octanol–water partition coefficient (Wildman–Crippen LogP) is 1.17. The minimum absolute atomic E-state index is 0.0975. The maximum Gasteiger partial charge on any atom is 0.307 e. The summed E-state index contributed by atoms with van der Waals surface area (Å²) >= 11 is 0. The smallest absolute Gasteiger partial charge is 0.307 e. The number of nitrogens with one attached hydrogen (secondary N) is 1. The Morgan fingerprint density at radius 3 is 2.12 bits per heavy atom. The summed E-state index contributed by atoms with van der Waals surface area (Å²) < 4.78 is 5.17. The van der Waals surface area contributed by atoms with Gasteiger partial charge in [-0.2, -0.15) is 0 Å². The molecule has 0 aromatic heterocycles. The summed E-state index contributed by atoms with van der Waals surface area (Å²) in [5.74, 6) is -0.931. The van der Waals surface area contributed by atoms with Crippen LogP contribution in [0.3, 0.4) is 0 Å². The first kappa shape index (κ1) is 14.9. The van der Waals surface area contributed by atoms with E-state index in [9.17, 15) is 4.79 Å². The fraction of sp³-hybridized carbons (Fsp3) is 0.818. The highest BCUT2D eigenvalue weighted by molar-refractivity contribution is 5.70. The molecule has 1 atom stereocenters. The molecule has 0 aromatic rings. The maximum absolute atomic E-state index is 11.2. The Bertz CT molecular complexity index is 237. The molecular weight excluding hydrogens is 210 g/mol. The third kappa shape index (κ3) is 9.45. The third-order valence-electron chi connectivity index (χ3n) is 1.76. The molecule has 0 radical (unpaired) electrons. The minimum atomic E-state index is -0.833. The topological polar surface area (TPSA) is 75.6 Å². The van der Waals surface area contributed by atoms with Gasteiger partial charge < -0.3 is 15.2 Å². The predicted molar refractivity (Wildman–Crippen MR) is 60.2 cm³/mol. The van der Waals surface area contributed by atoms with Crippen LogP contribution in [0.25, 0.3) is 0 Å². The molecule has 2 N–H and O–H groups in total. The summed E-state index contributed by atoms with van der Waals surface area (Å²) in [7, 11) is 0. The van der Waals surface area contributed by atoms with Crippen molar-refractivity contribution in [2.75, 3.05) is 6.54 Å². The van der Waals surface area contributed by atoms with Crippen molar-refractivity contribution in [2.45, 2.75) is 52.2 Å². The standard InChI is InChI=1S/C9H17NO2.C2H4O2/c1-9(2,3)12-8(11)6-7-4-5-10-7;1-2(3)4/h7,10H,4-6H2,1-3H3;1H3,(H,3,4). The second kappa shape index (κ2) is 6.48. The summed E-state index contributed by atoms with van der Waals surface area (Å²) in [6.07, 6.45) is 1.61. The van der Waals surface area contributed by atoms with Crippen LogP contribution in [-0.2, 0) is 14.3 Å². The number of aliphatic carboxylic acids is 1. The number of ether oxygens (including phenoxy) is 1. The monoisotopic (exact) mass is 231 g/mol. The van der Waals surface area contributed by atoms with Gasteiger partial charge >= 0.3 is 5.97 Å². The second-order valence-corrected chi connectivity index (χ2v) is 4.75. The van der Waals surface area contributed by atoms with E-state index in [1.54, 1.807) is 0 Å². The number of carbonyl (C=O) groups is 2. The zero-order valence-corrected chi connectivity index (χ0v) is 10.4. The molecule has 1 unspecified atom stereocenters. The van der Waals surface area contributed by atoms with E-state index >= 15 is 0 Å². The fourth-order valence-corrected chi connectivity index (χ4v) is 1.11. The first-order valence-electron chi connectivity index (χ1n) is 5.35. The average molecular weight is 231 g/mol. The van der Waals surface area contributed by atoms with Gasteiger partial charge in [-0.3, -0.25) is 9.59 Å². The van der Waals surface area contributed by atoms with Crippen LogP contribution >= 0.6 is 0 Å². The minimum Gasteiger partial charge on any atom is -0.481 e. The van der Waals surface area contributed by atoms with Crippen LogP contribution < -0.4 is 5.32 Å². The van der Waals surface area contributed by atoms with Crippen molar-refractivity contribution in [2.24, 2.45) is 0 Å². The largest absolute Gasteiger partial charge is 0.481 e. The normalized spacial score (nSPS) is 18.9. The highest BCUT2D eigenvalue weighted by atomic mass is 16.6. The van der Waals surface area contributed by atoms with Crippen molar-refractivity contribution in [3.05, 3.63) is 0 Å². The molecule has 1 heterocycles. The molecule has 0 amide bonds. The first-order chi connectivity index (χ1) is 7.20. The van der Waals surface area contributed by atoms with E-state index in [1.165, 1.54) is 0 Å². The van der Waals surface area contributed by atoms with Gasteiger partial charge in [0.05, 0.1) is 6.42 Å². The number of hydrogen-bond donors (Lipinski definition) is 2. The Balaban J connectivity index is 0.000000487. The molecule has 1 fully saturated rings. The molecule has 1 rings (SSSR count). The van der Waals surface area contributed by atoms with E-state index in [4.69, 9.17) is 14.6 Å². The lowest BCUT2D eigenvalue weighted by atomic mass is 10.0. The van der Waals surface area contributed by atoms with Crippen molar-refractivity contribution >= 4 is 11.9 Å². The SMILES string of the molecule is CC(=O)O.CC(C)(C)OC(=O)CC1CCN1. The molecule has 94 valence electrons. The second-order valence-electron chi connectivity index (χ2n) is 4.75. The van der Waals surface area contributed by atoms with Crippen LogP contribution in [0.5, 0.6) is 0 Å². The van der Waals surface area contributed by atoms with Crippen LogP contribution in [-0.4, -0.2) is 35.2 Å². The van der Waals surface area contributed by atoms with Crippen LogP contribution in [0.1, 0.15) is 40.5 Å².